The van der Waals surface area contributed by atoms with Gasteiger partial charge < -0.3 is 15.0 Å². The Balaban J connectivity index is 1.85. The molecule has 2 aromatic heterocycles. The third kappa shape index (κ3) is 3.92. The van der Waals surface area contributed by atoms with Gasteiger partial charge in [0.1, 0.15) is 5.00 Å². The van der Waals surface area contributed by atoms with Crippen molar-refractivity contribution in [1.29, 1.82) is 0 Å². The zero-order valence-electron chi connectivity index (χ0n) is 14.3. The number of ether oxygens (including phenoxy) is 1. The molecule has 2 amide bonds. The molecule has 1 aliphatic heterocycles. The highest BCUT2D eigenvalue weighted by molar-refractivity contribution is 7.17. The number of fused-ring (bicyclic) bond motifs is 1. The van der Waals surface area contributed by atoms with Crippen LogP contribution in [0.5, 0.6) is 0 Å². The number of hydrogen-bond donors (Lipinski definition) is 1. The molecule has 138 valence electrons. The Morgan fingerprint density at radius 1 is 1.31 bits per heavy atom. The molecule has 0 fully saturated rings. The number of amides is 2. The van der Waals surface area contributed by atoms with Crippen molar-refractivity contribution in [2.45, 2.75) is 26.3 Å². The van der Waals surface area contributed by atoms with E-state index in [4.69, 9.17) is 16.3 Å². The standard InChI is InChI=1S/C17H17ClN2O4S2/c1-9(21)20-6-5-11-12(8-20)26-16(15(11)17(23)24-2)19-14(22)7-10-3-4-13(18)25-10/h3-4H,5-8H2,1-2H3,(H,19,22). The summed E-state index contributed by atoms with van der Waals surface area (Å²) in [5.41, 5.74) is 1.25. The number of nitrogens with one attached hydrogen (secondary N) is 1. The van der Waals surface area contributed by atoms with Crippen molar-refractivity contribution in [2.75, 3.05) is 19.0 Å². The molecule has 3 rings (SSSR count). The molecule has 0 saturated heterocycles. The summed E-state index contributed by atoms with van der Waals surface area (Å²) in [7, 11) is 1.32. The molecule has 26 heavy (non-hydrogen) atoms. The minimum absolute atomic E-state index is 0.0103. The number of carbonyl (C=O) groups is 3. The summed E-state index contributed by atoms with van der Waals surface area (Å²) >= 11 is 8.56. The van der Waals surface area contributed by atoms with Crippen molar-refractivity contribution >= 4 is 57.1 Å². The smallest absolute Gasteiger partial charge is 0.341 e. The first-order valence-electron chi connectivity index (χ1n) is 7.91. The summed E-state index contributed by atoms with van der Waals surface area (Å²) in [6.45, 7) is 2.51. The van der Waals surface area contributed by atoms with Crippen LogP contribution in [-0.2, 0) is 33.7 Å². The monoisotopic (exact) mass is 412 g/mol. The second kappa shape index (κ2) is 7.77. The quantitative estimate of drug-likeness (QED) is 0.781. The van der Waals surface area contributed by atoms with Crippen molar-refractivity contribution in [1.82, 2.24) is 4.90 Å². The lowest BCUT2D eigenvalue weighted by Crippen LogP contribution is -2.33. The van der Waals surface area contributed by atoms with Gasteiger partial charge in [0, 0.05) is 23.2 Å². The lowest BCUT2D eigenvalue weighted by atomic mass is 10.0. The molecule has 0 aromatic carbocycles. The maximum absolute atomic E-state index is 12.4. The van der Waals surface area contributed by atoms with Gasteiger partial charge in [0.2, 0.25) is 11.8 Å². The molecule has 9 heteroatoms. The Hall–Kier alpha value is -1.90. The lowest BCUT2D eigenvalue weighted by molar-refractivity contribution is -0.129. The van der Waals surface area contributed by atoms with Gasteiger partial charge in [0.15, 0.2) is 0 Å². The van der Waals surface area contributed by atoms with Gasteiger partial charge >= 0.3 is 5.97 Å². The molecule has 0 aliphatic carbocycles. The fourth-order valence-corrected chi connectivity index (χ4v) is 5.21. The minimum atomic E-state index is -0.478. The van der Waals surface area contributed by atoms with E-state index in [2.05, 4.69) is 5.32 Å². The number of halogens is 1. The van der Waals surface area contributed by atoms with Gasteiger partial charge in [-0.25, -0.2) is 4.79 Å². The fraction of sp³-hybridized carbons (Fsp3) is 0.353. The van der Waals surface area contributed by atoms with Crippen LogP contribution in [0.4, 0.5) is 5.00 Å². The van der Waals surface area contributed by atoms with Gasteiger partial charge in [-0.05, 0) is 24.1 Å². The largest absolute Gasteiger partial charge is 0.465 e. The van der Waals surface area contributed by atoms with Gasteiger partial charge in [0.05, 0.1) is 30.0 Å². The normalized spacial score (nSPS) is 13.3. The van der Waals surface area contributed by atoms with Crippen LogP contribution in [-0.4, -0.2) is 36.3 Å². The first-order valence-corrected chi connectivity index (χ1v) is 9.92. The lowest BCUT2D eigenvalue weighted by Gasteiger charge is -2.25. The maximum atomic E-state index is 12.4. The first-order chi connectivity index (χ1) is 12.4. The van der Waals surface area contributed by atoms with Crippen molar-refractivity contribution in [3.8, 4) is 0 Å². The third-order valence-corrected chi connectivity index (χ3v) is 6.47. The van der Waals surface area contributed by atoms with E-state index in [1.165, 1.54) is 36.7 Å². The minimum Gasteiger partial charge on any atom is -0.465 e. The van der Waals surface area contributed by atoms with Crippen molar-refractivity contribution in [2.24, 2.45) is 0 Å². The zero-order valence-corrected chi connectivity index (χ0v) is 16.6. The molecule has 0 bridgehead atoms. The van der Waals surface area contributed by atoms with E-state index >= 15 is 0 Å². The molecule has 6 nitrogen and oxygen atoms in total. The van der Waals surface area contributed by atoms with Crippen LogP contribution < -0.4 is 5.32 Å². The second-order valence-corrected chi connectivity index (χ2v) is 8.73. The van der Waals surface area contributed by atoms with E-state index in [-0.39, 0.29) is 18.2 Å². The number of rotatable bonds is 4. The molecule has 1 N–H and O–H groups in total. The second-order valence-electron chi connectivity index (χ2n) is 5.82. The van der Waals surface area contributed by atoms with Crippen LogP contribution in [0.3, 0.4) is 0 Å². The molecule has 0 saturated carbocycles. The highest BCUT2D eigenvalue weighted by Gasteiger charge is 2.30. The number of thiophene rings is 2. The zero-order chi connectivity index (χ0) is 18.8. The summed E-state index contributed by atoms with van der Waals surface area (Å²) in [6.07, 6.45) is 0.742. The van der Waals surface area contributed by atoms with Gasteiger partial charge in [-0.2, -0.15) is 0 Å². The molecule has 1 aliphatic rings. The van der Waals surface area contributed by atoms with Crippen LogP contribution in [0.2, 0.25) is 4.34 Å². The number of nitrogens with zero attached hydrogens (tertiary/aromatic N) is 1. The van der Waals surface area contributed by atoms with Crippen molar-refractivity contribution in [3.63, 3.8) is 0 Å². The van der Waals surface area contributed by atoms with Gasteiger partial charge in [-0.15, -0.1) is 22.7 Å². The molecule has 0 atom stereocenters. The number of hydrogen-bond acceptors (Lipinski definition) is 6. The number of methoxy groups -OCH3 is 1. The SMILES string of the molecule is COC(=O)c1c(NC(=O)Cc2ccc(Cl)s2)sc2c1CCN(C(C)=O)C2. The number of esters is 1. The van der Waals surface area contributed by atoms with Crippen LogP contribution >= 0.6 is 34.3 Å². The van der Waals surface area contributed by atoms with Crippen LogP contribution in [0, 0.1) is 0 Å². The first kappa shape index (κ1) is 18.9. The summed E-state index contributed by atoms with van der Waals surface area (Å²) in [4.78, 5) is 39.7. The van der Waals surface area contributed by atoms with Gasteiger partial charge in [-0.1, -0.05) is 11.6 Å². The van der Waals surface area contributed by atoms with Crippen LogP contribution in [0.15, 0.2) is 12.1 Å². The van der Waals surface area contributed by atoms with Crippen molar-refractivity contribution < 1.29 is 19.1 Å². The summed E-state index contributed by atoms with van der Waals surface area (Å²) in [5.74, 6) is -0.715. The van der Waals surface area contributed by atoms with E-state index in [0.717, 1.165) is 15.3 Å². The maximum Gasteiger partial charge on any atom is 0.341 e. The van der Waals surface area contributed by atoms with Gasteiger partial charge in [-0.3, -0.25) is 9.59 Å². The predicted molar refractivity (Wildman–Crippen MR) is 102 cm³/mol. The molecule has 0 spiro atoms. The summed E-state index contributed by atoms with van der Waals surface area (Å²) < 4.78 is 5.52. The van der Waals surface area contributed by atoms with Gasteiger partial charge in [0.25, 0.3) is 0 Å². The Morgan fingerprint density at radius 3 is 2.69 bits per heavy atom. The van der Waals surface area contributed by atoms with E-state index < -0.39 is 5.97 Å². The van der Waals surface area contributed by atoms with E-state index in [1.54, 1.807) is 17.0 Å². The average Bonchev–Trinajstić information content (AvgIpc) is 3.16. The van der Waals surface area contributed by atoms with Crippen LogP contribution in [0.25, 0.3) is 0 Å². The summed E-state index contributed by atoms with van der Waals surface area (Å²) in [5, 5.41) is 3.30. The fourth-order valence-electron chi connectivity index (χ4n) is 2.85. The molecular weight excluding hydrogens is 396 g/mol. The molecule has 2 aromatic rings. The molecule has 0 unspecified atom stereocenters. The topological polar surface area (TPSA) is 75.7 Å². The highest BCUT2D eigenvalue weighted by Crippen LogP contribution is 2.37. The average molecular weight is 413 g/mol. The van der Waals surface area contributed by atoms with Crippen molar-refractivity contribution in [3.05, 3.63) is 37.4 Å². The highest BCUT2D eigenvalue weighted by atomic mass is 35.5. The Kier molecular flexibility index (Phi) is 5.64. The molecule has 3 heterocycles. The Morgan fingerprint density at radius 2 is 2.08 bits per heavy atom. The van der Waals surface area contributed by atoms with E-state index in [1.807, 2.05) is 0 Å². The Labute approximate surface area is 163 Å². The number of carbonyl (C=O) groups excluding carboxylic acids is 3. The molecular formula is C17H17ClN2O4S2. The predicted octanol–water partition coefficient (Wildman–Crippen LogP) is 3.34. The summed E-state index contributed by atoms with van der Waals surface area (Å²) in [6, 6.07) is 3.55. The molecule has 0 radical (unpaired) electrons. The Bertz CT molecular complexity index is 874. The number of anilines is 1. The van der Waals surface area contributed by atoms with E-state index in [0.29, 0.717) is 34.4 Å². The van der Waals surface area contributed by atoms with E-state index in [9.17, 15) is 14.4 Å². The third-order valence-electron chi connectivity index (χ3n) is 4.11. The van der Waals surface area contributed by atoms with Crippen LogP contribution in [0.1, 0.15) is 32.6 Å².